The van der Waals surface area contributed by atoms with Gasteiger partial charge in [0, 0.05) is 38.4 Å². The van der Waals surface area contributed by atoms with E-state index in [9.17, 15) is 0 Å². The number of aromatic nitrogens is 5. The number of hydrogen-bond acceptors (Lipinski definition) is 3. The lowest BCUT2D eigenvalue weighted by atomic mass is 9.59. The van der Waals surface area contributed by atoms with E-state index in [1.807, 2.05) is 36.4 Å². The van der Waals surface area contributed by atoms with Crippen molar-refractivity contribution in [1.29, 1.82) is 0 Å². The molecule has 1 aliphatic carbocycles. The average Bonchev–Trinajstić information content (AvgIpc) is 3.82. The molecule has 0 aliphatic heterocycles. The summed E-state index contributed by atoms with van der Waals surface area (Å²) in [4.78, 5) is 15.6. The third-order valence-electron chi connectivity index (χ3n) is 14.3. The molecule has 0 unspecified atom stereocenters. The number of para-hydroxylation sites is 2. The van der Waals surface area contributed by atoms with Crippen LogP contribution in [0.4, 0.5) is 0 Å². The molecule has 0 saturated heterocycles. The normalized spacial score (nSPS) is 15.4. The monoisotopic (exact) mass is 763 g/mol. The van der Waals surface area contributed by atoms with Crippen molar-refractivity contribution in [3.05, 3.63) is 175 Å². The Morgan fingerprint density at radius 3 is 1.42 bits per heavy atom. The number of nitrogens with zero attached hydrogens (tertiary/aromatic N) is 5. The quantitative estimate of drug-likeness (QED) is 0.175. The smallest absolute Gasteiger partial charge is 0.238 e. The maximum atomic E-state index is 5.26. The molecule has 0 spiro atoms. The molecule has 5 nitrogen and oxygen atoms in total. The van der Waals surface area contributed by atoms with Gasteiger partial charge >= 0.3 is 0 Å². The van der Waals surface area contributed by atoms with Crippen LogP contribution in [-0.2, 0) is 10.8 Å². The van der Waals surface area contributed by atoms with Crippen LogP contribution in [0.2, 0.25) is 0 Å². The van der Waals surface area contributed by atoms with E-state index in [0.29, 0.717) is 17.6 Å². The Kier molecular flexibility index (Phi) is 7.53. The third kappa shape index (κ3) is 5.00. The molecule has 0 radical (unpaired) electrons. The molecular weight excluding hydrogens is 719 g/mol. The molecule has 0 saturated carbocycles. The van der Waals surface area contributed by atoms with Gasteiger partial charge in [-0.2, -0.15) is 9.97 Å². The van der Waals surface area contributed by atoms with Gasteiger partial charge in [0.05, 0.1) is 22.1 Å². The van der Waals surface area contributed by atoms with E-state index < -0.39 is 0 Å². The summed E-state index contributed by atoms with van der Waals surface area (Å²) >= 11 is 0. The summed E-state index contributed by atoms with van der Waals surface area (Å²) < 4.78 is 4.69. The van der Waals surface area contributed by atoms with Crippen LogP contribution < -0.4 is 0 Å². The zero-order valence-electron chi connectivity index (χ0n) is 34.3. The Labute approximate surface area is 344 Å². The summed E-state index contributed by atoms with van der Waals surface area (Å²) in [5.74, 6) is 1.84. The Hall–Kier alpha value is -6.85. The fourth-order valence-electron chi connectivity index (χ4n) is 9.92. The number of fused-ring (bicyclic) bond motifs is 8. The van der Waals surface area contributed by atoms with E-state index in [1.54, 1.807) is 0 Å². The van der Waals surface area contributed by atoms with Crippen LogP contribution in [0.15, 0.2) is 164 Å². The van der Waals surface area contributed by atoms with Crippen LogP contribution in [0.5, 0.6) is 0 Å². The highest BCUT2D eigenvalue weighted by atomic mass is 15.2. The molecule has 59 heavy (non-hydrogen) atoms. The minimum absolute atomic E-state index is 0.0385. The second-order valence-corrected chi connectivity index (χ2v) is 17.8. The molecule has 7 aromatic carbocycles. The van der Waals surface area contributed by atoms with Crippen LogP contribution in [0.3, 0.4) is 0 Å². The summed E-state index contributed by atoms with van der Waals surface area (Å²) in [5, 5.41) is 4.66. The van der Waals surface area contributed by atoms with Crippen LogP contribution in [-0.4, -0.2) is 24.1 Å². The fourth-order valence-corrected chi connectivity index (χ4v) is 9.92. The van der Waals surface area contributed by atoms with Crippen molar-refractivity contribution in [2.45, 2.75) is 52.4 Å². The summed E-state index contributed by atoms with van der Waals surface area (Å²) in [6.45, 7) is 14.5. The SMILES string of the molecule is CC1(C)c2ccc(-c3ccc(-n4c5ccccc5c5ccc6c7ccccc7n(-c7nc(-c8ccccc8)nc(-c8ccccc8)n7)c6c54)cc3)cc2C(C)(C)C1(C)C. The fraction of sp³-hybridized carbons (Fsp3) is 0.167. The van der Waals surface area contributed by atoms with Gasteiger partial charge in [0.25, 0.3) is 0 Å². The molecule has 3 heterocycles. The van der Waals surface area contributed by atoms with E-state index in [-0.39, 0.29) is 16.2 Å². The topological polar surface area (TPSA) is 48.5 Å². The number of rotatable bonds is 5. The van der Waals surface area contributed by atoms with E-state index in [2.05, 4.69) is 178 Å². The van der Waals surface area contributed by atoms with Crippen molar-refractivity contribution in [2.24, 2.45) is 5.41 Å². The molecule has 0 fully saturated rings. The molecule has 0 amide bonds. The minimum atomic E-state index is 0.0385. The Bertz CT molecular complexity index is 3220. The first-order valence-corrected chi connectivity index (χ1v) is 20.6. The largest absolute Gasteiger partial charge is 0.307 e. The van der Waals surface area contributed by atoms with Gasteiger partial charge in [0.15, 0.2) is 11.6 Å². The minimum Gasteiger partial charge on any atom is -0.307 e. The van der Waals surface area contributed by atoms with E-state index >= 15 is 0 Å². The maximum Gasteiger partial charge on any atom is 0.238 e. The summed E-state index contributed by atoms with van der Waals surface area (Å²) in [5.41, 5.74) is 12.9. The van der Waals surface area contributed by atoms with Gasteiger partial charge in [-0.15, -0.1) is 0 Å². The average molecular weight is 764 g/mol. The predicted octanol–water partition coefficient (Wildman–Crippen LogP) is 13.7. The molecule has 0 atom stereocenters. The molecule has 5 heteroatoms. The molecule has 1 aliphatic rings. The van der Waals surface area contributed by atoms with E-state index in [0.717, 1.165) is 49.7 Å². The van der Waals surface area contributed by atoms with Gasteiger partial charge in [-0.05, 0) is 62.8 Å². The van der Waals surface area contributed by atoms with Crippen molar-refractivity contribution in [3.8, 4) is 45.5 Å². The molecule has 0 N–H and O–H groups in total. The van der Waals surface area contributed by atoms with Gasteiger partial charge in [-0.1, -0.05) is 181 Å². The first kappa shape index (κ1) is 35.3. The van der Waals surface area contributed by atoms with Crippen LogP contribution in [0, 0.1) is 5.41 Å². The summed E-state index contributed by atoms with van der Waals surface area (Å²) in [7, 11) is 0. The molecule has 0 bridgehead atoms. The number of benzene rings is 7. The van der Waals surface area contributed by atoms with Crippen molar-refractivity contribution < 1.29 is 0 Å². The zero-order valence-corrected chi connectivity index (χ0v) is 34.3. The zero-order chi connectivity index (χ0) is 40.3. The Balaban J connectivity index is 1.16. The second-order valence-electron chi connectivity index (χ2n) is 17.8. The van der Waals surface area contributed by atoms with E-state index in [1.165, 1.54) is 33.0 Å². The third-order valence-corrected chi connectivity index (χ3v) is 14.3. The summed E-state index contributed by atoms with van der Waals surface area (Å²) in [6.07, 6.45) is 0. The van der Waals surface area contributed by atoms with E-state index in [4.69, 9.17) is 15.0 Å². The molecular formula is C54H45N5. The van der Waals surface area contributed by atoms with Gasteiger partial charge < -0.3 is 4.57 Å². The van der Waals surface area contributed by atoms with Crippen LogP contribution >= 0.6 is 0 Å². The Morgan fingerprint density at radius 2 is 0.847 bits per heavy atom. The lowest BCUT2D eigenvalue weighted by Crippen LogP contribution is -2.42. The van der Waals surface area contributed by atoms with Crippen LogP contribution in [0.25, 0.3) is 89.2 Å². The van der Waals surface area contributed by atoms with Gasteiger partial charge in [0.1, 0.15) is 0 Å². The van der Waals surface area contributed by atoms with Crippen molar-refractivity contribution >= 4 is 43.6 Å². The standard InChI is InChI=1S/C54H45N5/c1-52(2)43-32-27-37(33-44(43)53(3,4)54(52,5)6)34-25-28-38(29-26-34)58-45-23-15-13-21-39(45)41-30-31-42-40-22-14-16-24-46(40)59(48(42)47(41)58)51-56-49(35-17-9-7-10-18-35)55-50(57-51)36-19-11-8-12-20-36/h7-33H,1-6H3. The lowest BCUT2D eigenvalue weighted by molar-refractivity contribution is 0.125. The maximum absolute atomic E-state index is 5.26. The van der Waals surface area contributed by atoms with Crippen molar-refractivity contribution in [3.63, 3.8) is 0 Å². The Morgan fingerprint density at radius 1 is 0.373 bits per heavy atom. The lowest BCUT2D eigenvalue weighted by Gasteiger charge is -2.44. The molecule has 286 valence electrons. The van der Waals surface area contributed by atoms with Gasteiger partial charge in [0.2, 0.25) is 5.95 Å². The first-order chi connectivity index (χ1) is 28.5. The van der Waals surface area contributed by atoms with Gasteiger partial charge in [-0.25, -0.2) is 4.98 Å². The molecule has 11 rings (SSSR count). The second kappa shape index (κ2) is 12.6. The van der Waals surface area contributed by atoms with Crippen molar-refractivity contribution in [1.82, 2.24) is 24.1 Å². The van der Waals surface area contributed by atoms with Gasteiger partial charge in [-0.3, -0.25) is 4.57 Å². The van der Waals surface area contributed by atoms with Crippen molar-refractivity contribution in [2.75, 3.05) is 0 Å². The highest BCUT2D eigenvalue weighted by Crippen LogP contribution is 2.61. The molecule has 10 aromatic rings. The predicted molar refractivity (Wildman–Crippen MR) is 245 cm³/mol. The number of hydrogen-bond donors (Lipinski definition) is 0. The first-order valence-electron chi connectivity index (χ1n) is 20.6. The van der Waals surface area contributed by atoms with Crippen LogP contribution in [0.1, 0.15) is 52.7 Å². The highest BCUT2D eigenvalue weighted by Gasteiger charge is 2.56. The summed E-state index contributed by atoms with van der Waals surface area (Å²) in [6, 6.07) is 58.6. The molecule has 3 aromatic heterocycles. The highest BCUT2D eigenvalue weighted by molar-refractivity contribution is 6.23.